The van der Waals surface area contributed by atoms with Gasteiger partial charge in [0, 0.05) is 6.42 Å². The van der Waals surface area contributed by atoms with Crippen molar-refractivity contribution in [2.45, 2.75) is 63.7 Å². The van der Waals surface area contributed by atoms with E-state index in [0.29, 0.717) is 12.0 Å². The van der Waals surface area contributed by atoms with Gasteiger partial charge in [-0.3, -0.25) is 24.0 Å². The minimum absolute atomic E-state index is 0.0512. The Kier molecular flexibility index (Phi) is 12.0. The Labute approximate surface area is 212 Å². The first kappa shape index (κ1) is 30.8. The standard InChI is InChI=1S/C23H33N5O9/c1-3-11(2)19(23(36)37)28-22(35)16(10-17(25)30)27-21(34)15(8-12-4-6-13(29)7-5-12)26-20(33)14(24)9-18(31)32/h4-7,11,14-16,19,29H,3,8-10,24H2,1-2H3,(H2,25,30)(H,26,33)(H,27,34)(H,28,35)(H,31,32)(H,36,37). The number of hydrogen-bond acceptors (Lipinski definition) is 8. The normalized spacial score (nSPS) is 14.8. The van der Waals surface area contributed by atoms with Crippen LogP contribution in [0.3, 0.4) is 0 Å². The lowest BCUT2D eigenvalue weighted by Gasteiger charge is -2.26. The monoisotopic (exact) mass is 523 g/mol. The third-order valence-electron chi connectivity index (χ3n) is 5.56. The van der Waals surface area contributed by atoms with Crippen LogP contribution >= 0.6 is 0 Å². The van der Waals surface area contributed by atoms with Crippen molar-refractivity contribution >= 4 is 35.6 Å². The molecular weight excluding hydrogens is 490 g/mol. The number of carboxylic acid groups (broad SMARTS) is 2. The highest BCUT2D eigenvalue weighted by Crippen LogP contribution is 2.12. The summed E-state index contributed by atoms with van der Waals surface area (Å²) in [7, 11) is 0. The molecule has 5 atom stereocenters. The van der Waals surface area contributed by atoms with Gasteiger partial charge in [0.15, 0.2) is 0 Å². The van der Waals surface area contributed by atoms with Gasteiger partial charge in [-0.15, -0.1) is 0 Å². The first-order valence-corrected chi connectivity index (χ1v) is 11.4. The van der Waals surface area contributed by atoms with E-state index in [9.17, 15) is 39.0 Å². The summed E-state index contributed by atoms with van der Waals surface area (Å²) in [6.45, 7) is 3.32. The molecule has 14 heteroatoms. The van der Waals surface area contributed by atoms with Crippen molar-refractivity contribution in [1.29, 1.82) is 0 Å². The summed E-state index contributed by atoms with van der Waals surface area (Å²) in [6.07, 6.45) is -1.12. The highest BCUT2D eigenvalue weighted by Gasteiger charge is 2.33. The number of rotatable bonds is 15. The van der Waals surface area contributed by atoms with Crippen LogP contribution in [0.2, 0.25) is 0 Å². The van der Waals surface area contributed by atoms with Gasteiger partial charge in [0.25, 0.3) is 0 Å². The molecule has 1 aromatic rings. The van der Waals surface area contributed by atoms with Crippen LogP contribution in [-0.4, -0.2) is 75.1 Å². The lowest BCUT2D eigenvalue weighted by atomic mass is 9.98. The molecular formula is C23H33N5O9. The number of primary amides is 1. The van der Waals surface area contributed by atoms with E-state index in [1.54, 1.807) is 13.8 Å². The lowest BCUT2D eigenvalue weighted by molar-refractivity contribution is -0.144. The van der Waals surface area contributed by atoms with Gasteiger partial charge in [0.2, 0.25) is 23.6 Å². The number of hydrogen-bond donors (Lipinski definition) is 8. The fraction of sp³-hybridized carbons (Fsp3) is 0.478. The smallest absolute Gasteiger partial charge is 0.326 e. The van der Waals surface area contributed by atoms with Crippen molar-refractivity contribution in [3.63, 3.8) is 0 Å². The van der Waals surface area contributed by atoms with E-state index in [1.807, 2.05) is 0 Å². The fourth-order valence-corrected chi connectivity index (χ4v) is 3.26. The zero-order valence-electron chi connectivity index (χ0n) is 20.5. The predicted octanol–water partition coefficient (Wildman–Crippen LogP) is -1.80. The number of benzene rings is 1. The number of carbonyl (C=O) groups excluding carboxylic acids is 4. The van der Waals surface area contributed by atoms with Crippen LogP contribution in [0.15, 0.2) is 24.3 Å². The highest BCUT2D eigenvalue weighted by molar-refractivity contribution is 5.96. The number of aliphatic carboxylic acids is 2. The van der Waals surface area contributed by atoms with E-state index < -0.39 is 78.5 Å². The van der Waals surface area contributed by atoms with Crippen LogP contribution in [0, 0.1) is 5.92 Å². The van der Waals surface area contributed by atoms with Gasteiger partial charge in [0.1, 0.15) is 23.9 Å². The maximum Gasteiger partial charge on any atom is 0.326 e. The quantitative estimate of drug-likeness (QED) is 0.128. The van der Waals surface area contributed by atoms with Crippen molar-refractivity contribution in [3.8, 4) is 5.75 Å². The molecule has 0 fully saturated rings. The Balaban J connectivity index is 3.18. The fourth-order valence-electron chi connectivity index (χ4n) is 3.26. The van der Waals surface area contributed by atoms with Crippen molar-refractivity contribution in [3.05, 3.63) is 29.8 Å². The number of carboxylic acids is 2. The zero-order valence-corrected chi connectivity index (χ0v) is 20.5. The van der Waals surface area contributed by atoms with Gasteiger partial charge >= 0.3 is 11.9 Å². The number of aromatic hydroxyl groups is 1. The molecule has 5 unspecified atom stereocenters. The summed E-state index contributed by atoms with van der Waals surface area (Å²) in [6, 6.07) is -0.117. The maximum atomic E-state index is 13.1. The van der Waals surface area contributed by atoms with Crippen molar-refractivity contribution < 1.29 is 44.1 Å². The number of nitrogens with two attached hydrogens (primary N) is 2. The van der Waals surface area contributed by atoms with E-state index in [1.165, 1.54) is 24.3 Å². The molecule has 0 radical (unpaired) electrons. The number of phenolic OH excluding ortho intramolecular Hbond substituents is 1. The van der Waals surface area contributed by atoms with Gasteiger partial charge in [0.05, 0.1) is 18.9 Å². The number of phenols is 1. The molecule has 0 bridgehead atoms. The first-order valence-electron chi connectivity index (χ1n) is 11.4. The Morgan fingerprint density at radius 2 is 1.41 bits per heavy atom. The number of amides is 4. The van der Waals surface area contributed by atoms with E-state index in [4.69, 9.17) is 16.6 Å². The third-order valence-corrected chi connectivity index (χ3v) is 5.56. The summed E-state index contributed by atoms with van der Waals surface area (Å²) < 4.78 is 0. The number of carbonyl (C=O) groups is 6. The van der Waals surface area contributed by atoms with Crippen LogP contribution in [0.5, 0.6) is 5.75 Å². The topological polar surface area (TPSA) is 251 Å². The Hall–Kier alpha value is -4.20. The molecule has 0 aliphatic carbocycles. The van der Waals surface area contributed by atoms with Crippen LogP contribution < -0.4 is 27.4 Å². The molecule has 0 saturated heterocycles. The molecule has 0 aliphatic rings. The Morgan fingerprint density at radius 3 is 1.89 bits per heavy atom. The maximum absolute atomic E-state index is 13.1. The molecule has 14 nitrogen and oxygen atoms in total. The average Bonchev–Trinajstić information content (AvgIpc) is 2.81. The van der Waals surface area contributed by atoms with E-state index >= 15 is 0 Å². The van der Waals surface area contributed by atoms with Gasteiger partial charge < -0.3 is 42.7 Å². The second kappa shape index (κ2) is 14.4. The van der Waals surface area contributed by atoms with Gasteiger partial charge in [-0.25, -0.2) is 4.79 Å². The van der Waals surface area contributed by atoms with Crippen molar-refractivity contribution in [2.75, 3.05) is 0 Å². The molecule has 0 saturated carbocycles. The zero-order chi connectivity index (χ0) is 28.3. The molecule has 204 valence electrons. The molecule has 4 amide bonds. The molecule has 37 heavy (non-hydrogen) atoms. The van der Waals surface area contributed by atoms with Gasteiger partial charge in [-0.05, 0) is 23.6 Å². The molecule has 0 aliphatic heterocycles. The first-order chi connectivity index (χ1) is 17.2. The minimum atomic E-state index is -1.57. The SMILES string of the molecule is CCC(C)C(NC(=O)C(CC(N)=O)NC(=O)C(Cc1ccc(O)cc1)NC(=O)C(N)CC(=O)O)C(=O)O. The average molecular weight is 524 g/mol. The lowest BCUT2D eigenvalue weighted by Crippen LogP contribution is -2.58. The predicted molar refractivity (Wildman–Crippen MR) is 129 cm³/mol. The largest absolute Gasteiger partial charge is 0.508 e. The number of nitrogens with one attached hydrogen (secondary N) is 3. The molecule has 0 spiro atoms. The molecule has 1 aromatic carbocycles. The van der Waals surface area contributed by atoms with Crippen LogP contribution in [0.25, 0.3) is 0 Å². The Bertz CT molecular complexity index is 999. The minimum Gasteiger partial charge on any atom is -0.508 e. The molecule has 1 rings (SSSR count). The third kappa shape index (κ3) is 10.5. The second-order valence-electron chi connectivity index (χ2n) is 8.58. The second-order valence-corrected chi connectivity index (χ2v) is 8.58. The molecule has 0 aromatic heterocycles. The van der Waals surface area contributed by atoms with E-state index in [0.717, 1.165) is 0 Å². The van der Waals surface area contributed by atoms with Crippen molar-refractivity contribution in [2.24, 2.45) is 17.4 Å². The van der Waals surface area contributed by atoms with Crippen LogP contribution in [0.1, 0.15) is 38.7 Å². The molecule has 0 heterocycles. The molecule has 10 N–H and O–H groups in total. The van der Waals surface area contributed by atoms with E-state index in [2.05, 4.69) is 16.0 Å². The summed E-state index contributed by atoms with van der Waals surface area (Å²) in [5, 5.41) is 34.7. The van der Waals surface area contributed by atoms with Crippen LogP contribution in [0.4, 0.5) is 0 Å². The van der Waals surface area contributed by atoms with Crippen LogP contribution in [-0.2, 0) is 35.2 Å². The Morgan fingerprint density at radius 1 is 0.865 bits per heavy atom. The van der Waals surface area contributed by atoms with Gasteiger partial charge in [-0.1, -0.05) is 32.4 Å². The van der Waals surface area contributed by atoms with Gasteiger partial charge in [-0.2, -0.15) is 0 Å². The van der Waals surface area contributed by atoms with E-state index in [-0.39, 0.29) is 12.2 Å². The highest BCUT2D eigenvalue weighted by atomic mass is 16.4. The summed E-state index contributed by atoms with van der Waals surface area (Å²) in [4.78, 5) is 72.4. The summed E-state index contributed by atoms with van der Waals surface area (Å²) >= 11 is 0. The van der Waals surface area contributed by atoms with Crippen molar-refractivity contribution in [1.82, 2.24) is 16.0 Å². The summed E-state index contributed by atoms with van der Waals surface area (Å²) in [5.74, 6) is -7.00. The summed E-state index contributed by atoms with van der Waals surface area (Å²) in [5.41, 5.74) is 11.3.